The van der Waals surface area contributed by atoms with Crippen LogP contribution in [0.2, 0.25) is 5.02 Å². The van der Waals surface area contributed by atoms with E-state index >= 15 is 0 Å². The highest BCUT2D eigenvalue weighted by atomic mass is 35.5. The topological polar surface area (TPSA) is 167 Å². The summed E-state index contributed by atoms with van der Waals surface area (Å²) in [6.45, 7) is 13.8. The lowest BCUT2D eigenvalue weighted by Gasteiger charge is -2.41. The van der Waals surface area contributed by atoms with Crippen molar-refractivity contribution in [3.63, 3.8) is 0 Å². The van der Waals surface area contributed by atoms with Gasteiger partial charge in [-0.05, 0) is 55.3 Å². The Labute approximate surface area is 321 Å². The Morgan fingerprint density at radius 2 is 1.62 bits per heavy atom. The van der Waals surface area contributed by atoms with Crippen LogP contribution in [0.15, 0.2) is 24.3 Å². The Kier molecular flexibility index (Phi) is 18.7. The van der Waals surface area contributed by atoms with Gasteiger partial charge in [0.1, 0.15) is 12.1 Å². The van der Waals surface area contributed by atoms with Crippen LogP contribution in [-0.2, 0) is 39.9 Å². The number of carbonyl (C=O) groups is 5. The molecule has 0 bridgehead atoms. The zero-order chi connectivity index (χ0) is 40.2. The number of benzene rings is 1. The van der Waals surface area contributed by atoms with Crippen molar-refractivity contribution in [2.75, 3.05) is 34.9 Å². The number of halogens is 1. The van der Waals surface area contributed by atoms with Gasteiger partial charge in [0.05, 0.1) is 42.7 Å². The first-order valence-electron chi connectivity index (χ1n) is 18.8. The highest BCUT2D eigenvalue weighted by Crippen LogP contribution is 2.30. The molecule has 300 valence electrons. The summed E-state index contributed by atoms with van der Waals surface area (Å²) in [7, 11) is 6.43. The molecule has 1 aromatic carbocycles. The van der Waals surface area contributed by atoms with E-state index in [0.717, 1.165) is 0 Å². The molecule has 0 radical (unpaired) electrons. The highest BCUT2D eigenvalue weighted by molar-refractivity contribution is 6.30. The normalized spacial score (nSPS) is 19.1. The summed E-state index contributed by atoms with van der Waals surface area (Å²) in [5.74, 6) is -3.41. The molecule has 1 aliphatic rings. The maximum atomic E-state index is 14.1. The molecule has 0 aromatic heterocycles. The van der Waals surface area contributed by atoms with Crippen molar-refractivity contribution < 1.29 is 38.6 Å². The van der Waals surface area contributed by atoms with Crippen LogP contribution < -0.4 is 16.0 Å². The number of likely N-dealkylation sites (tertiary alicyclic amines) is 1. The molecular weight excluding hydrogens is 702 g/mol. The summed E-state index contributed by atoms with van der Waals surface area (Å²) in [5, 5.41) is 19.0. The molecule has 53 heavy (non-hydrogen) atoms. The van der Waals surface area contributed by atoms with E-state index in [1.54, 1.807) is 55.1 Å². The summed E-state index contributed by atoms with van der Waals surface area (Å²) >= 11 is 6.08. The fourth-order valence-electron chi connectivity index (χ4n) is 7.45. The van der Waals surface area contributed by atoms with E-state index in [1.165, 1.54) is 14.2 Å². The number of methoxy groups -OCH3 is 2. The molecule has 2 unspecified atom stereocenters. The SMILES string of the molecule is CC[C@H](C)C([C@@H](CC(=O)N1CCC[C@H]1[C@H](OC)[C@@H](C)C(=O)N[C@@H](Cc1cccc(Cl)c1)C(=O)O)OC)N(C)C(=O)[C@@H](NC(=O)C(NC)C(C)C)C(C)C. The van der Waals surface area contributed by atoms with E-state index < -0.39 is 60.2 Å². The van der Waals surface area contributed by atoms with Crippen LogP contribution in [-0.4, -0.2) is 122 Å². The smallest absolute Gasteiger partial charge is 0.326 e. The van der Waals surface area contributed by atoms with Crippen LogP contribution in [0.3, 0.4) is 0 Å². The predicted molar refractivity (Wildman–Crippen MR) is 205 cm³/mol. The van der Waals surface area contributed by atoms with Gasteiger partial charge in [0, 0.05) is 39.3 Å². The zero-order valence-electron chi connectivity index (χ0n) is 33.5. The number of hydrogen-bond donors (Lipinski definition) is 4. The van der Waals surface area contributed by atoms with Crippen molar-refractivity contribution in [2.45, 2.75) is 123 Å². The first kappa shape index (κ1) is 45.9. The molecule has 1 heterocycles. The molecule has 0 aliphatic carbocycles. The number of carbonyl (C=O) groups excluding carboxylic acids is 4. The number of carboxylic acid groups (broad SMARTS) is 1. The Balaban J connectivity index is 2.27. The second-order valence-electron chi connectivity index (χ2n) is 15.1. The molecule has 1 aliphatic heterocycles. The van der Waals surface area contributed by atoms with Crippen molar-refractivity contribution in [3.8, 4) is 0 Å². The van der Waals surface area contributed by atoms with Crippen LogP contribution >= 0.6 is 11.6 Å². The molecule has 1 saturated heterocycles. The number of nitrogens with zero attached hydrogens (tertiary/aromatic N) is 2. The Hall–Kier alpha value is -3.26. The molecule has 4 amide bonds. The molecule has 0 spiro atoms. The number of aliphatic carboxylic acids is 1. The fourth-order valence-corrected chi connectivity index (χ4v) is 7.67. The lowest BCUT2D eigenvalue weighted by Crippen LogP contribution is -2.59. The molecule has 9 atom stereocenters. The van der Waals surface area contributed by atoms with E-state index in [2.05, 4.69) is 16.0 Å². The quantitative estimate of drug-likeness (QED) is 0.146. The highest BCUT2D eigenvalue weighted by Gasteiger charge is 2.43. The van der Waals surface area contributed by atoms with Gasteiger partial charge >= 0.3 is 5.97 Å². The first-order chi connectivity index (χ1) is 24.9. The summed E-state index contributed by atoms with van der Waals surface area (Å²) in [6.07, 6.45) is 0.654. The van der Waals surface area contributed by atoms with E-state index in [-0.39, 0.29) is 48.3 Å². The molecule has 0 saturated carbocycles. The van der Waals surface area contributed by atoms with Gasteiger partial charge in [-0.1, -0.05) is 78.6 Å². The van der Waals surface area contributed by atoms with Crippen molar-refractivity contribution in [1.29, 1.82) is 0 Å². The molecule has 14 heteroatoms. The minimum absolute atomic E-state index is 0.0169. The summed E-state index contributed by atoms with van der Waals surface area (Å²) in [4.78, 5) is 70.4. The summed E-state index contributed by atoms with van der Waals surface area (Å²) in [5.41, 5.74) is 0.669. The average Bonchev–Trinajstić information content (AvgIpc) is 3.59. The van der Waals surface area contributed by atoms with Gasteiger partial charge in [-0.25, -0.2) is 4.79 Å². The Morgan fingerprint density at radius 1 is 0.981 bits per heavy atom. The van der Waals surface area contributed by atoms with Crippen LogP contribution in [0, 0.1) is 23.7 Å². The van der Waals surface area contributed by atoms with Gasteiger partial charge in [0.15, 0.2) is 0 Å². The molecule has 1 aromatic rings. The Morgan fingerprint density at radius 3 is 2.13 bits per heavy atom. The van der Waals surface area contributed by atoms with Crippen molar-refractivity contribution in [3.05, 3.63) is 34.9 Å². The van der Waals surface area contributed by atoms with Crippen LogP contribution in [0.1, 0.15) is 79.7 Å². The number of rotatable bonds is 21. The second-order valence-corrected chi connectivity index (χ2v) is 15.5. The molecule has 13 nitrogen and oxygen atoms in total. The number of amides is 4. The van der Waals surface area contributed by atoms with Gasteiger partial charge in [-0.3, -0.25) is 19.2 Å². The third-order valence-electron chi connectivity index (χ3n) is 10.7. The molecular formula is C39H64ClN5O8. The van der Waals surface area contributed by atoms with Gasteiger partial charge in [0.2, 0.25) is 23.6 Å². The standard InChI is InChI=1S/C39H64ClN5O8/c1-12-24(6)34(44(9)38(49)33(23(4)5)43-37(48)32(41-8)22(2)3)30(52-10)21-31(46)45-18-14-17-29(45)35(53-11)25(7)36(47)42-28(39(50)51)20-26-15-13-16-27(40)19-26/h13,15-16,19,22-25,28-30,32-35,41H,12,14,17-18,20-21H2,1-11H3,(H,42,47)(H,43,48)(H,50,51)/t24-,25+,28-,29-,30+,32?,33-,34?,35+/m0/s1. The molecule has 4 N–H and O–H groups in total. The van der Waals surface area contributed by atoms with Crippen LogP contribution in [0.4, 0.5) is 0 Å². The number of carboxylic acids is 1. The molecule has 2 rings (SSSR count). The van der Waals surface area contributed by atoms with Crippen LogP contribution in [0.25, 0.3) is 0 Å². The lowest BCUT2D eigenvalue weighted by atomic mass is 9.89. The van der Waals surface area contributed by atoms with Gasteiger partial charge in [0.25, 0.3) is 0 Å². The third kappa shape index (κ3) is 12.4. The van der Waals surface area contributed by atoms with Gasteiger partial charge < -0.3 is 40.3 Å². The number of likely N-dealkylation sites (N-methyl/N-ethyl adjacent to an activating group) is 2. The maximum Gasteiger partial charge on any atom is 0.326 e. The average molecular weight is 766 g/mol. The van der Waals surface area contributed by atoms with Gasteiger partial charge in [-0.15, -0.1) is 0 Å². The first-order valence-corrected chi connectivity index (χ1v) is 19.2. The van der Waals surface area contributed by atoms with Crippen molar-refractivity contribution >= 4 is 41.2 Å². The Bertz CT molecular complexity index is 1380. The largest absolute Gasteiger partial charge is 0.480 e. The number of nitrogens with one attached hydrogen (secondary N) is 3. The zero-order valence-corrected chi connectivity index (χ0v) is 34.2. The number of hydrogen-bond acceptors (Lipinski definition) is 8. The number of ether oxygens (including phenoxy) is 2. The van der Waals surface area contributed by atoms with Crippen molar-refractivity contribution in [1.82, 2.24) is 25.8 Å². The van der Waals surface area contributed by atoms with Crippen LogP contribution in [0.5, 0.6) is 0 Å². The van der Waals surface area contributed by atoms with Crippen molar-refractivity contribution in [2.24, 2.45) is 23.7 Å². The minimum Gasteiger partial charge on any atom is -0.480 e. The van der Waals surface area contributed by atoms with Gasteiger partial charge in [-0.2, -0.15) is 0 Å². The van der Waals surface area contributed by atoms with E-state index in [1.807, 2.05) is 41.5 Å². The third-order valence-corrected chi connectivity index (χ3v) is 10.9. The lowest BCUT2D eigenvalue weighted by molar-refractivity contribution is -0.148. The minimum atomic E-state index is -1.19. The summed E-state index contributed by atoms with van der Waals surface area (Å²) < 4.78 is 11.8. The molecule has 1 fully saturated rings. The second kappa shape index (κ2) is 21.6. The monoisotopic (exact) mass is 765 g/mol. The van der Waals surface area contributed by atoms with E-state index in [0.29, 0.717) is 36.4 Å². The summed E-state index contributed by atoms with van der Waals surface area (Å²) in [6, 6.07) is 3.45. The van der Waals surface area contributed by atoms with E-state index in [9.17, 15) is 29.1 Å². The predicted octanol–water partition coefficient (Wildman–Crippen LogP) is 3.76. The fraction of sp³-hybridized carbons (Fsp3) is 0.718. The van der Waals surface area contributed by atoms with E-state index in [4.69, 9.17) is 21.1 Å². The maximum absolute atomic E-state index is 14.1.